The molecule has 0 atom stereocenters. The van der Waals surface area contributed by atoms with Crippen molar-refractivity contribution in [3.8, 4) is 0 Å². The van der Waals surface area contributed by atoms with E-state index in [9.17, 15) is 4.79 Å². The van der Waals surface area contributed by atoms with Crippen molar-refractivity contribution in [2.75, 3.05) is 13.1 Å². The molecule has 1 saturated carbocycles. The van der Waals surface area contributed by atoms with Crippen molar-refractivity contribution < 1.29 is 0 Å². The minimum absolute atomic E-state index is 0.0719. The fraction of sp³-hybridized carbons (Fsp3) is 0.611. The number of thiazole rings is 1. The van der Waals surface area contributed by atoms with Gasteiger partial charge < -0.3 is 0 Å². The molecule has 0 bridgehead atoms. The predicted molar refractivity (Wildman–Crippen MR) is 93.4 cm³/mol. The van der Waals surface area contributed by atoms with Crippen LogP contribution in [0, 0.1) is 5.92 Å². The first-order valence-corrected chi connectivity index (χ1v) is 9.89. The molecule has 3 heterocycles. The van der Waals surface area contributed by atoms with Gasteiger partial charge in [-0.3, -0.25) is 9.69 Å². The Labute approximate surface area is 145 Å². The summed E-state index contributed by atoms with van der Waals surface area (Å²) in [7, 11) is 0. The number of nitrogens with zero attached hydrogens (tertiary/aromatic N) is 4. The first kappa shape index (κ1) is 14.8. The second-order valence-corrected chi connectivity index (χ2v) is 8.39. The van der Waals surface area contributed by atoms with E-state index in [2.05, 4.69) is 15.4 Å². The zero-order valence-corrected chi connectivity index (χ0v) is 14.6. The molecule has 3 aliphatic rings. The molecule has 0 radical (unpaired) electrons. The molecule has 2 aromatic rings. The lowest BCUT2D eigenvalue weighted by Gasteiger charge is -2.38. The Hall–Kier alpha value is -1.53. The number of hydrogen-bond acceptors (Lipinski definition) is 5. The number of hydrogen-bond donors (Lipinski definition) is 0. The van der Waals surface area contributed by atoms with Crippen LogP contribution in [0.1, 0.15) is 47.1 Å². The van der Waals surface area contributed by atoms with Gasteiger partial charge in [-0.15, -0.1) is 11.3 Å². The van der Waals surface area contributed by atoms with Crippen molar-refractivity contribution >= 4 is 11.3 Å². The van der Waals surface area contributed by atoms with E-state index in [0.717, 1.165) is 57.1 Å². The molecule has 1 aliphatic heterocycles. The summed E-state index contributed by atoms with van der Waals surface area (Å²) in [5.41, 5.74) is 3.60. The Morgan fingerprint density at radius 1 is 1.25 bits per heavy atom. The van der Waals surface area contributed by atoms with E-state index in [4.69, 9.17) is 4.98 Å². The standard InChI is InChI=1S/C18H22N4OS/c23-17-6-14-2-1-3-16(14)20-22(17)9-12-7-21(8-12)10-15-11-24-18(19-15)13-4-5-13/h6,11-13H,1-5,7-10H2. The SMILES string of the molecule is O=c1cc2c(nn1CC1CN(Cc3csc(C4CC4)n3)C1)CCC2. The first-order chi connectivity index (χ1) is 11.7. The second-order valence-electron chi connectivity index (χ2n) is 7.50. The fourth-order valence-corrected chi connectivity index (χ4v) is 4.86. The molecule has 24 heavy (non-hydrogen) atoms. The van der Waals surface area contributed by atoms with Gasteiger partial charge in [0.25, 0.3) is 5.56 Å². The summed E-state index contributed by atoms with van der Waals surface area (Å²) in [6.45, 7) is 3.79. The van der Waals surface area contributed by atoms with Crippen molar-refractivity contribution in [2.24, 2.45) is 5.92 Å². The van der Waals surface area contributed by atoms with Gasteiger partial charge in [0.15, 0.2) is 0 Å². The van der Waals surface area contributed by atoms with Gasteiger partial charge in [-0.2, -0.15) is 5.10 Å². The van der Waals surface area contributed by atoms with Crippen molar-refractivity contribution in [1.29, 1.82) is 0 Å². The summed E-state index contributed by atoms with van der Waals surface area (Å²) in [6.07, 6.45) is 5.83. The van der Waals surface area contributed by atoms with Gasteiger partial charge in [0.1, 0.15) is 0 Å². The highest BCUT2D eigenvalue weighted by Crippen LogP contribution is 2.41. The Balaban J connectivity index is 1.17. The third-order valence-corrected chi connectivity index (χ3v) is 6.43. The van der Waals surface area contributed by atoms with Gasteiger partial charge in [-0.25, -0.2) is 9.67 Å². The van der Waals surface area contributed by atoms with Gasteiger partial charge in [0, 0.05) is 42.9 Å². The number of aromatic nitrogens is 3. The average Bonchev–Trinajstić information content (AvgIpc) is 3.11. The molecule has 1 saturated heterocycles. The molecule has 2 aliphatic carbocycles. The van der Waals surface area contributed by atoms with E-state index in [0.29, 0.717) is 5.92 Å². The lowest BCUT2D eigenvalue weighted by molar-refractivity contribution is 0.0754. The van der Waals surface area contributed by atoms with Crippen LogP contribution >= 0.6 is 11.3 Å². The van der Waals surface area contributed by atoms with Crippen LogP contribution in [-0.4, -0.2) is 32.8 Å². The van der Waals surface area contributed by atoms with Crippen molar-refractivity contribution in [2.45, 2.75) is 51.1 Å². The summed E-state index contributed by atoms with van der Waals surface area (Å²) in [5.74, 6) is 1.29. The van der Waals surface area contributed by atoms with Gasteiger partial charge >= 0.3 is 0 Å². The van der Waals surface area contributed by atoms with E-state index in [1.165, 1.54) is 29.1 Å². The van der Waals surface area contributed by atoms with E-state index < -0.39 is 0 Å². The molecule has 0 unspecified atom stereocenters. The number of fused-ring (bicyclic) bond motifs is 1. The monoisotopic (exact) mass is 342 g/mol. The van der Waals surface area contributed by atoms with Crippen LogP contribution in [0.25, 0.3) is 0 Å². The largest absolute Gasteiger partial charge is 0.297 e. The van der Waals surface area contributed by atoms with Crippen LogP contribution in [0.3, 0.4) is 0 Å². The van der Waals surface area contributed by atoms with Crippen LogP contribution in [0.15, 0.2) is 16.2 Å². The van der Waals surface area contributed by atoms with Crippen LogP contribution < -0.4 is 5.56 Å². The maximum Gasteiger partial charge on any atom is 0.267 e. The number of aryl methyl sites for hydroxylation is 2. The number of likely N-dealkylation sites (tertiary alicyclic amines) is 1. The molecule has 0 amide bonds. The van der Waals surface area contributed by atoms with E-state index in [-0.39, 0.29) is 5.56 Å². The fourth-order valence-electron chi connectivity index (χ4n) is 3.88. The maximum absolute atomic E-state index is 12.2. The Bertz CT molecular complexity index is 817. The summed E-state index contributed by atoms with van der Waals surface area (Å²) in [4.78, 5) is 19.4. The Morgan fingerprint density at radius 3 is 2.96 bits per heavy atom. The smallest absolute Gasteiger partial charge is 0.267 e. The average molecular weight is 342 g/mol. The molecule has 126 valence electrons. The maximum atomic E-state index is 12.2. The minimum Gasteiger partial charge on any atom is -0.297 e. The van der Waals surface area contributed by atoms with E-state index in [1.54, 1.807) is 10.7 Å². The third-order valence-electron chi connectivity index (χ3n) is 5.37. The molecule has 0 N–H and O–H groups in total. The highest BCUT2D eigenvalue weighted by Gasteiger charge is 2.30. The molecule has 5 nitrogen and oxygen atoms in total. The third kappa shape index (κ3) is 2.82. The Morgan fingerprint density at radius 2 is 2.12 bits per heavy atom. The molecular weight excluding hydrogens is 320 g/mol. The van der Waals surface area contributed by atoms with Crippen LogP contribution in [0.4, 0.5) is 0 Å². The highest BCUT2D eigenvalue weighted by atomic mass is 32.1. The van der Waals surface area contributed by atoms with Gasteiger partial charge in [-0.05, 0) is 37.7 Å². The summed E-state index contributed by atoms with van der Waals surface area (Å²) in [5, 5.41) is 8.13. The topological polar surface area (TPSA) is 51.0 Å². The molecule has 2 fully saturated rings. The number of rotatable bonds is 5. The first-order valence-electron chi connectivity index (χ1n) is 9.01. The molecule has 2 aromatic heterocycles. The van der Waals surface area contributed by atoms with E-state index >= 15 is 0 Å². The zero-order chi connectivity index (χ0) is 16.1. The van der Waals surface area contributed by atoms with Gasteiger partial charge in [0.2, 0.25) is 0 Å². The van der Waals surface area contributed by atoms with Crippen LogP contribution in [-0.2, 0) is 25.9 Å². The van der Waals surface area contributed by atoms with Crippen molar-refractivity contribution in [3.05, 3.63) is 43.8 Å². The highest BCUT2D eigenvalue weighted by molar-refractivity contribution is 7.09. The lowest BCUT2D eigenvalue weighted by atomic mass is 10.00. The van der Waals surface area contributed by atoms with Crippen molar-refractivity contribution in [1.82, 2.24) is 19.7 Å². The van der Waals surface area contributed by atoms with Crippen LogP contribution in [0.5, 0.6) is 0 Å². The molecule has 0 spiro atoms. The minimum atomic E-state index is 0.0719. The summed E-state index contributed by atoms with van der Waals surface area (Å²) >= 11 is 1.82. The molecule has 0 aromatic carbocycles. The quantitative estimate of drug-likeness (QED) is 0.836. The molecule has 6 heteroatoms. The summed E-state index contributed by atoms with van der Waals surface area (Å²) < 4.78 is 1.69. The predicted octanol–water partition coefficient (Wildman–Crippen LogP) is 2.20. The van der Waals surface area contributed by atoms with Crippen molar-refractivity contribution in [3.63, 3.8) is 0 Å². The summed E-state index contributed by atoms with van der Waals surface area (Å²) in [6, 6.07) is 1.81. The van der Waals surface area contributed by atoms with E-state index in [1.807, 2.05) is 11.3 Å². The second kappa shape index (κ2) is 5.77. The normalized spacial score (nSPS) is 21.0. The Kier molecular flexibility index (Phi) is 3.56. The zero-order valence-electron chi connectivity index (χ0n) is 13.8. The lowest BCUT2D eigenvalue weighted by Crippen LogP contribution is -2.49. The molecular formula is C18H22N4OS. The van der Waals surface area contributed by atoms with Gasteiger partial charge in [-0.1, -0.05) is 0 Å². The molecule has 5 rings (SSSR count). The van der Waals surface area contributed by atoms with Crippen LogP contribution in [0.2, 0.25) is 0 Å². The van der Waals surface area contributed by atoms with Gasteiger partial charge in [0.05, 0.1) is 22.9 Å².